The third-order valence-electron chi connectivity index (χ3n) is 6.26. The Kier molecular flexibility index (Phi) is 4.77. The molecule has 5 rings (SSSR count). The Labute approximate surface area is 184 Å². The van der Waals surface area contributed by atoms with E-state index in [2.05, 4.69) is 5.10 Å². The molecule has 0 N–H and O–H groups in total. The second-order valence-corrected chi connectivity index (χ2v) is 7.82. The fourth-order valence-electron chi connectivity index (χ4n) is 4.75. The largest absolute Gasteiger partial charge is 0.497 e. The molecular weight excluding hydrogens is 410 g/mol. The van der Waals surface area contributed by atoms with E-state index in [9.17, 15) is 14.4 Å². The second kappa shape index (κ2) is 7.64. The van der Waals surface area contributed by atoms with Crippen molar-refractivity contribution >= 4 is 29.5 Å². The van der Waals surface area contributed by atoms with Gasteiger partial charge in [0.05, 0.1) is 37.8 Å². The topological polar surface area (TPSA) is 88.5 Å². The zero-order valence-corrected chi connectivity index (χ0v) is 17.5. The van der Waals surface area contributed by atoms with Crippen LogP contribution in [0.25, 0.3) is 0 Å². The highest BCUT2D eigenvalue weighted by Crippen LogP contribution is 2.46. The number of imide groups is 1. The summed E-state index contributed by atoms with van der Waals surface area (Å²) in [5, 5.41) is 5.96. The van der Waals surface area contributed by atoms with E-state index in [1.807, 2.05) is 6.08 Å². The van der Waals surface area contributed by atoms with E-state index in [1.165, 1.54) is 4.90 Å². The Bertz CT molecular complexity index is 1140. The number of allylic oxidation sites excluding steroid dienone is 1. The van der Waals surface area contributed by atoms with Crippen molar-refractivity contribution in [2.45, 2.75) is 12.1 Å². The van der Waals surface area contributed by atoms with Crippen molar-refractivity contribution in [3.63, 3.8) is 0 Å². The Hall–Kier alpha value is -3.94. The first-order valence-corrected chi connectivity index (χ1v) is 10.2. The average molecular weight is 431 g/mol. The number of carbonyl (C=O) groups is 3. The van der Waals surface area contributed by atoms with Gasteiger partial charge in [0.15, 0.2) is 5.78 Å². The molecule has 3 aliphatic heterocycles. The first kappa shape index (κ1) is 20.0. The number of hydrogen-bond donors (Lipinski definition) is 0. The van der Waals surface area contributed by atoms with Crippen LogP contribution < -0.4 is 14.4 Å². The lowest BCUT2D eigenvalue weighted by Crippen LogP contribution is -2.46. The van der Waals surface area contributed by atoms with Gasteiger partial charge < -0.3 is 9.47 Å². The molecule has 8 nitrogen and oxygen atoms in total. The Balaban J connectivity index is 1.53. The predicted molar refractivity (Wildman–Crippen MR) is 117 cm³/mol. The van der Waals surface area contributed by atoms with Crippen LogP contribution in [0.3, 0.4) is 0 Å². The molecule has 0 bridgehead atoms. The lowest BCUT2D eigenvalue weighted by atomic mass is 9.86. The van der Waals surface area contributed by atoms with Gasteiger partial charge >= 0.3 is 0 Å². The van der Waals surface area contributed by atoms with Crippen LogP contribution in [0.5, 0.6) is 11.5 Å². The minimum Gasteiger partial charge on any atom is -0.497 e. The molecule has 0 spiro atoms. The first-order valence-electron chi connectivity index (χ1n) is 10.2. The summed E-state index contributed by atoms with van der Waals surface area (Å²) in [7, 11) is 3.10. The zero-order chi connectivity index (χ0) is 22.4. The number of Topliss-reactive ketones (excluding diaryl/α,β-unsaturated/α-hetero) is 1. The van der Waals surface area contributed by atoms with E-state index >= 15 is 0 Å². The fraction of sp³-hybridized carbons (Fsp3) is 0.250. The molecule has 3 heterocycles. The predicted octanol–water partition coefficient (Wildman–Crippen LogP) is 2.30. The van der Waals surface area contributed by atoms with Crippen LogP contribution in [0.2, 0.25) is 0 Å². The van der Waals surface area contributed by atoms with Crippen LogP contribution in [0.4, 0.5) is 5.69 Å². The van der Waals surface area contributed by atoms with E-state index in [0.29, 0.717) is 22.7 Å². The maximum Gasteiger partial charge on any atom is 0.240 e. The van der Waals surface area contributed by atoms with Gasteiger partial charge in [-0.15, -0.1) is 0 Å². The molecule has 32 heavy (non-hydrogen) atoms. The summed E-state index contributed by atoms with van der Waals surface area (Å²) in [6.45, 7) is 0. The fourth-order valence-corrected chi connectivity index (χ4v) is 4.75. The molecule has 0 saturated carbocycles. The van der Waals surface area contributed by atoms with Gasteiger partial charge in [-0.1, -0.05) is 6.08 Å². The number of benzene rings is 2. The minimum atomic E-state index is -0.876. The molecular formula is C24H21N3O5. The van der Waals surface area contributed by atoms with Crippen molar-refractivity contribution in [3.8, 4) is 11.5 Å². The molecule has 0 unspecified atom stereocenters. The zero-order valence-electron chi connectivity index (χ0n) is 17.5. The van der Waals surface area contributed by atoms with Gasteiger partial charge in [-0.25, -0.2) is 4.90 Å². The average Bonchev–Trinajstić information content (AvgIpc) is 3.31. The van der Waals surface area contributed by atoms with Crippen LogP contribution in [0, 0.1) is 11.8 Å². The molecule has 162 valence electrons. The number of ketones is 1. The van der Waals surface area contributed by atoms with Crippen molar-refractivity contribution in [2.24, 2.45) is 16.9 Å². The maximum absolute atomic E-state index is 13.5. The van der Waals surface area contributed by atoms with Crippen molar-refractivity contribution in [2.75, 3.05) is 19.1 Å². The van der Waals surface area contributed by atoms with Gasteiger partial charge in [0.1, 0.15) is 17.5 Å². The number of amides is 2. The van der Waals surface area contributed by atoms with Crippen LogP contribution in [0.15, 0.2) is 65.8 Å². The molecule has 4 atom stereocenters. The summed E-state index contributed by atoms with van der Waals surface area (Å²) < 4.78 is 10.3. The highest BCUT2D eigenvalue weighted by atomic mass is 16.5. The number of hydrogen-bond acceptors (Lipinski definition) is 7. The van der Waals surface area contributed by atoms with Crippen molar-refractivity contribution in [1.82, 2.24) is 5.01 Å². The summed E-state index contributed by atoms with van der Waals surface area (Å²) in [6, 6.07) is 12.1. The molecule has 2 aromatic carbocycles. The number of hydrazone groups is 1. The minimum absolute atomic E-state index is 0.254. The molecule has 0 aromatic heterocycles. The number of ether oxygens (including phenoxy) is 2. The van der Waals surface area contributed by atoms with Gasteiger partial charge in [-0.05, 0) is 54.6 Å². The van der Waals surface area contributed by atoms with Crippen molar-refractivity contribution in [1.29, 1.82) is 0 Å². The molecule has 8 heteroatoms. The Morgan fingerprint density at radius 1 is 0.875 bits per heavy atom. The molecule has 2 aromatic rings. The Morgan fingerprint density at radius 2 is 1.47 bits per heavy atom. The van der Waals surface area contributed by atoms with Gasteiger partial charge in [0.2, 0.25) is 11.8 Å². The van der Waals surface area contributed by atoms with Gasteiger partial charge in [0.25, 0.3) is 0 Å². The van der Waals surface area contributed by atoms with E-state index in [4.69, 9.17) is 9.47 Å². The van der Waals surface area contributed by atoms with Crippen LogP contribution >= 0.6 is 0 Å². The standard InChI is InChI=1S/C24H21N3O5/c1-31-16-9-5-14(6-10-16)22(28)21-20-19(18-4-3-13-25-27(18)21)23(29)26(24(20)30)15-7-11-17(32-2)12-8-15/h3-13,18-21H,1-2H3/t18-,19-,20-,21-/m1/s1. The van der Waals surface area contributed by atoms with Crippen molar-refractivity contribution < 1.29 is 23.9 Å². The number of rotatable bonds is 5. The summed E-state index contributed by atoms with van der Waals surface area (Å²) in [4.78, 5) is 41.7. The van der Waals surface area contributed by atoms with Crippen molar-refractivity contribution in [3.05, 3.63) is 66.2 Å². The Morgan fingerprint density at radius 3 is 2.09 bits per heavy atom. The van der Waals surface area contributed by atoms with E-state index < -0.39 is 29.8 Å². The number of carbonyl (C=O) groups excluding carboxylic acids is 3. The smallest absolute Gasteiger partial charge is 0.240 e. The first-order chi connectivity index (χ1) is 15.5. The van der Waals surface area contributed by atoms with E-state index in [-0.39, 0.29) is 11.7 Å². The van der Waals surface area contributed by atoms with Crippen LogP contribution in [-0.4, -0.2) is 55.1 Å². The molecule has 3 aliphatic rings. The highest BCUT2D eigenvalue weighted by Gasteiger charge is 2.64. The van der Waals surface area contributed by atoms with E-state index in [1.54, 1.807) is 80.1 Å². The SMILES string of the molecule is COc1ccc(C(=O)[C@H]2[C@@H]3C(=O)N(c4ccc(OC)cc4)C(=O)[C@@H]3[C@H]3C=CC=NN32)cc1. The number of anilines is 1. The van der Waals surface area contributed by atoms with E-state index in [0.717, 1.165) is 0 Å². The number of nitrogens with zero attached hydrogens (tertiary/aromatic N) is 3. The van der Waals surface area contributed by atoms with Gasteiger partial charge in [-0.3, -0.25) is 19.4 Å². The second-order valence-electron chi connectivity index (χ2n) is 7.82. The quantitative estimate of drug-likeness (QED) is 0.533. The van der Waals surface area contributed by atoms with Crippen LogP contribution in [0.1, 0.15) is 10.4 Å². The third kappa shape index (κ3) is 2.90. The number of fused-ring (bicyclic) bond motifs is 3. The molecule has 0 aliphatic carbocycles. The van der Waals surface area contributed by atoms with Crippen LogP contribution in [-0.2, 0) is 9.59 Å². The molecule has 0 radical (unpaired) electrons. The third-order valence-corrected chi connectivity index (χ3v) is 6.26. The maximum atomic E-state index is 13.5. The summed E-state index contributed by atoms with van der Waals surface area (Å²) in [5.41, 5.74) is 0.892. The summed E-state index contributed by atoms with van der Waals surface area (Å²) >= 11 is 0. The van der Waals surface area contributed by atoms with Gasteiger partial charge in [-0.2, -0.15) is 5.10 Å². The molecule has 2 amide bonds. The summed E-state index contributed by atoms with van der Waals surface area (Å²) in [5.74, 6) is -1.25. The van der Waals surface area contributed by atoms with Gasteiger partial charge in [0, 0.05) is 11.8 Å². The monoisotopic (exact) mass is 431 g/mol. The number of methoxy groups -OCH3 is 2. The highest BCUT2D eigenvalue weighted by molar-refractivity contribution is 6.24. The normalized spacial score (nSPS) is 25.7. The molecule has 2 fully saturated rings. The molecule has 2 saturated heterocycles. The lowest BCUT2D eigenvalue weighted by Gasteiger charge is -2.30. The summed E-state index contributed by atoms with van der Waals surface area (Å²) in [6.07, 6.45) is 5.14. The lowest BCUT2D eigenvalue weighted by molar-refractivity contribution is -0.123.